The maximum absolute atomic E-state index is 15.1. The molecule has 0 aliphatic heterocycles. The third-order valence-corrected chi connectivity index (χ3v) is 12.9. The van der Waals surface area contributed by atoms with E-state index in [-0.39, 0.29) is 35.9 Å². The number of amides is 2. The van der Waals surface area contributed by atoms with Gasteiger partial charge in [0.15, 0.2) is 0 Å². The lowest BCUT2D eigenvalue weighted by Gasteiger charge is -2.57. The topological polar surface area (TPSA) is 86.8 Å². The Morgan fingerprint density at radius 1 is 0.857 bits per heavy atom. The quantitative estimate of drug-likeness (QED) is 0.228. The molecule has 0 heterocycles. The highest BCUT2D eigenvalue weighted by Gasteiger charge is 2.51. The summed E-state index contributed by atoms with van der Waals surface area (Å²) < 4.78 is 42.9. The molecule has 0 saturated heterocycles. The second kappa shape index (κ2) is 13.9. The van der Waals surface area contributed by atoms with Gasteiger partial charge in [0.25, 0.3) is 0 Å². The van der Waals surface area contributed by atoms with Crippen molar-refractivity contribution in [1.29, 1.82) is 0 Å². The van der Waals surface area contributed by atoms with Crippen LogP contribution in [0.2, 0.25) is 0 Å². The molecule has 49 heavy (non-hydrogen) atoms. The van der Waals surface area contributed by atoms with Crippen molar-refractivity contribution in [3.05, 3.63) is 101 Å². The van der Waals surface area contributed by atoms with Crippen LogP contribution in [0.3, 0.4) is 0 Å². The Morgan fingerprint density at radius 2 is 1.45 bits per heavy atom. The van der Waals surface area contributed by atoms with Gasteiger partial charge >= 0.3 is 0 Å². The van der Waals surface area contributed by atoms with E-state index >= 15 is 4.39 Å². The van der Waals surface area contributed by atoms with Crippen molar-refractivity contribution in [3.8, 4) is 0 Å². The molecule has 5 saturated carbocycles. The Hall–Kier alpha value is -3.72. The zero-order valence-electron chi connectivity index (χ0n) is 28.4. The molecule has 5 fully saturated rings. The second-order valence-corrected chi connectivity index (χ2v) is 17.2. The third-order valence-electron chi connectivity index (χ3n) is 11.8. The van der Waals surface area contributed by atoms with Crippen LogP contribution < -0.4 is 9.62 Å². The number of carbonyl (C=O) groups excluding carboxylic acids is 2. The molecule has 4 bridgehead atoms. The summed E-state index contributed by atoms with van der Waals surface area (Å²) in [6.07, 6.45) is 12.7. The summed E-state index contributed by atoms with van der Waals surface area (Å²) in [4.78, 5) is 29.9. The number of anilines is 1. The number of benzene rings is 3. The maximum Gasteiger partial charge on any atom is 0.244 e. The lowest BCUT2D eigenvalue weighted by atomic mass is 9.48. The van der Waals surface area contributed by atoms with Gasteiger partial charge in [0.05, 0.1) is 11.9 Å². The van der Waals surface area contributed by atoms with Gasteiger partial charge < -0.3 is 10.2 Å². The van der Waals surface area contributed by atoms with E-state index in [2.05, 4.69) is 17.4 Å². The Bertz CT molecular complexity index is 1720. The first-order chi connectivity index (χ1) is 23.6. The van der Waals surface area contributed by atoms with E-state index in [4.69, 9.17) is 0 Å². The van der Waals surface area contributed by atoms with Gasteiger partial charge in [0.2, 0.25) is 21.8 Å². The molecule has 5 aliphatic carbocycles. The molecule has 0 spiro atoms. The predicted octanol–water partition coefficient (Wildman–Crippen LogP) is 6.76. The van der Waals surface area contributed by atoms with Gasteiger partial charge in [-0.1, -0.05) is 73.5 Å². The average Bonchev–Trinajstić information content (AvgIpc) is 3.58. The largest absolute Gasteiger partial charge is 0.352 e. The highest BCUT2D eigenvalue weighted by Crippen LogP contribution is 2.60. The predicted molar refractivity (Wildman–Crippen MR) is 190 cm³/mol. The normalized spacial score (nSPS) is 25.2. The van der Waals surface area contributed by atoms with Crippen molar-refractivity contribution in [1.82, 2.24) is 10.2 Å². The van der Waals surface area contributed by atoms with Crippen LogP contribution in [0, 0.1) is 23.6 Å². The monoisotopic (exact) mass is 685 g/mol. The molecule has 260 valence electrons. The molecule has 1 atom stereocenters. The first-order valence-corrected chi connectivity index (χ1v) is 19.9. The van der Waals surface area contributed by atoms with Gasteiger partial charge in [-0.05, 0) is 104 Å². The van der Waals surface area contributed by atoms with E-state index in [1.54, 1.807) is 18.2 Å². The molecule has 0 aromatic heterocycles. The zero-order valence-corrected chi connectivity index (χ0v) is 29.2. The fourth-order valence-electron chi connectivity index (χ4n) is 9.79. The minimum Gasteiger partial charge on any atom is -0.352 e. The fraction of sp³-hybridized carbons (Fsp3) is 0.500. The summed E-state index contributed by atoms with van der Waals surface area (Å²) in [5, 5.41) is 3.15. The van der Waals surface area contributed by atoms with Gasteiger partial charge in [-0.25, -0.2) is 12.8 Å². The Labute approximate surface area is 290 Å². The van der Waals surface area contributed by atoms with Crippen LogP contribution in [0.5, 0.6) is 0 Å². The van der Waals surface area contributed by atoms with Gasteiger partial charge in [-0.3, -0.25) is 13.9 Å². The number of sulfonamides is 1. The van der Waals surface area contributed by atoms with E-state index < -0.39 is 34.3 Å². The van der Waals surface area contributed by atoms with Crippen LogP contribution in [0.4, 0.5) is 10.1 Å². The molecule has 0 unspecified atom stereocenters. The molecule has 5 aliphatic rings. The number of carbonyl (C=O) groups is 2. The summed E-state index contributed by atoms with van der Waals surface area (Å²) >= 11 is 0. The minimum atomic E-state index is -3.90. The zero-order chi connectivity index (χ0) is 34.2. The number of hydrogen-bond acceptors (Lipinski definition) is 4. The van der Waals surface area contributed by atoms with Crippen LogP contribution in [0.25, 0.3) is 0 Å². The van der Waals surface area contributed by atoms with Crippen molar-refractivity contribution in [2.75, 3.05) is 17.1 Å². The molecule has 9 heteroatoms. The molecule has 0 radical (unpaired) electrons. The second-order valence-electron chi connectivity index (χ2n) is 15.3. The summed E-state index contributed by atoms with van der Waals surface area (Å²) in [5.74, 6) is 0.978. The van der Waals surface area contributed by atoms with E-state index in [1.165, 1.54) is 55.1 Å². The van der Waals surface area contributed by atoms with Crippen molar-refractivity contribution < 1.29 is 22.4 Å². The molecule has 2 amide bonds. The minimum absolute atomic E-state index is 0.0104. The summed E-state index contributed by atoms with van der Waals surface area (Å²) in [6.45, 7) is -0.685. The third kappa shape index (κ3) is 7.42. The van der Waals surface area contributed by atoms with Gasteiger partial charge in [0, 0.05) is 24.6 Å². The molecular weight excluding hydrogens is 638 g/mol. The van der Waals surface area contributed by atoms with Crippen molar-refractivity contribution in [2.45, 2.75) is 94.7 Å². The van der Waals surface area contributed by atoms with Crippen molar-refractivity contribution in [2.24, 2.45) is 17.8 Å². The van der Waals surface area contributed by atoms with Crippen LogP contribution in [0.1, 0.15) is 80.9 Å². The van der Waals surface area contributed by atoms with Crippen LogP contribution in [-0.4, -0.2) is 50.0 Å². The number of halogens is 1. The van der Waals surface area contributed by atoms with Crippen molar-refractivity contribution >= 4 is 27.5 Å². The first kappa shape index (κ1) is 33.8. The van der Waals surface area contributed by atoms with Crippen LogP contribution in [-0.2, 0) is 38.0 Å². The molecular formula is C40H48FN3O4S. The Balaban J connectivity index is 1.19. The maximum atomic E-state index is 15.1. The Kier molecular flexibility index (Phi) is 9.57. The number of nitrogens with one attached hydrogen (secondary N) is 1. The smallest absolute Gasteiger partial charge is 0.244 e. The van der Waals surface area contributed by atoms with Gasteiger partial charge in [0.1, 0.15) is 18.4 Å². The van der Waals surface area contributed by atoms with Gasteiger partial charge in [-0.2, -0.15) is 0 Å². The van der Waals surface area contributed by atoms with E-state index in [0.717, 1.165) is 59.6 Å². The van der Waals surface area contributed by atoms with E-state index in [1.807, 2.05) is 42.5 Å². The molecule has 7 nitrogen and oxygen atoms in total. The molecule has 3 aromatic rings. The lowest BCUT2D eigenvalue weighted by Crippen LogP contribution is -2.54. The SMILES string of the molecule is CS(=O)(=O)N(CC(=O)N(Cc1ccccc1F)[C@@H](Cc1ccccc1)C(=O)NC1CCCC1)c1ccc(C23CC4CC(CC(C4)C2)C3)cc1. The highest BCUT2D eigenvalue weighted by molar-refractivity contribution is 7.92. The lowest BCUT2D eigenvalue weighted by molar-refractivity contribution is -0.140. The number of rotatable bonds is 12. The fourth-order valence-corrected chi connectivity index (χ4v) is 10.6. The summed E-state index contributed by atoms with van der Waals surface area (Å²) in [5.41, 5.74) is 2.94. The van der Waals surface area contributed by atoms with Gasteiger partial charge in [-0.15, -0.1) is 0 Å². The number of hydrogen-bond donors (Lipinski definition) is 1. The van der Waals surface area contributed by atoms with Crippen LogP contribution in [0.15, 0.2) is 78.9 Å². The summed E-state index contributed by atoms with van der Waals surface area (Å²) in [6, 6.07) is 22.5. The van der Waals surface area contributed by atoms with Crippen LogP contribution >= 0.6 is 0 Å². The van der Waals surface area contributed by atoms with Crippen molar-refractivity contribution in [3.63, 3.8) is 0 Å². The highest BCUT2D eigenvalue weighted by atomic mass is 32.2. The molecule has 8 rings (SSSR count). The Morgan fingerprint density at radius 3 is 2.04 bits per heavy atom. The molecule has 3 aromatic carbocycles. The standard InChI is InChI=1S/C40H48FN3O4S/c1-49(47,48)44(35-17-15-33(16-18-35)40-23-29-19-30(24-40)21-31(20-29)25-40)27-38(45)43(26-32-11-5-8-14-36(32)41)37(22-28-9-3-2-4-10-28)39(46)42-34-12-6-7-13-34/h2-5,8-11,14-18,29-31,34,37H,6-7,12-13,19-27H2,1H3,(H,42,46)/t29?,30?,31?,37-,40?/m0/s1. The summed E-state index contributed by atoms with van der Waals surface area (Å²) in [7, 11) is -3.90. The van der Waals surface area contributed by atoms with E-state index in [0.29, 0.717) is 5.69 Å². The number of nitrogens with zero attached hydrogens (tertiary/aromatic N) is 2. The van der Waals surface area contributed by atoms with E-state index in [9.17, 15) is 18.0 Å². The first-order valence-electron chi connectivity index (χ1n) is 18.0. The molecule has 1 N–H and O–H groups in total. The average molecular weight is 686 g/mol.